The minimum absolute atomic E-state index is 0.133. The van der Waals surface area contributed by atoms with Crippen molar-refractivity contribution >= 4 is 17.1 Å². The third kappa shape index (κ3) is 2.89. The number of carbonyl (C=O) groups is 1. The van der Waals surface area contributed by atoms with Gasteiger partial charge in [-0.1, -0.05) is 0 Å². The van der Waals surface area contributed by atoms with Crippen molar-refractivity contribution in [1.29, 1.82) is 0 Å². The quantitative estimate of drug-likeness (QED) is 0.774. The number of aromatic nitrogens is 3. The van der Waals surface area contributed by atoms with Gasteiger partial charge in [-0.2, -0.15) is 0 Å². The number of aliphatic hydroxyl groups is 1. The van der Waals surface area contributed by atoms with Gasteiger partial charge >= 0.3 is 6.09 Å². The molecule has 0 saturated carbocycles. The van der Waals surface area contributed by atoms with Crippen molar-refractivity contribution in [2.24, 2.45) is 0 Å². The van der Waals surface area contributed by atoms with Crippen LogP contribution in [-0.4, -0.2) is 49.3 Å². The van der Waals surface area contributed by atoms with E-state index in [1.165, 1.54) is 6.33 Å². The van der Waals surface area contributed by atoms with Crippen molar-refractivity contribution < 1.29 is 14.6 Å². The van der Waals surface area contributed by atoms with Crippen LogP contribution >= 0.6 is 0 Å². The lowest BCUT2D eigenvalue weighted by atomic mass is 10.1. The fourth-order valence-electron chi connectivity index (χ4n) is 3.18. The van der Waals surface area contributed by atoms with Gasteiger partial charge in [-0.05, 0) is 33.6 Å². The third-order valence-electron chi connectivity index (χ3n) is 4.18. The number of H-pyrrole nitrogens is 2. The Morgan fingerprint density at radius 3 is 2.83 bits per heavy atom. The van der Waals surface area contributed by atoms with E-state index in [1.54, 1.807) is 31.9 Å². The van der Waals surface area contributed by atoms with Gasteiger partial charge in [-0.15, -0.1) is 0 Å². The van der Waals surface area contributed by atoms with E-state index in [9.17, 15) is 14.7 Å². The summed E-state index contributed by atoms with van der Waals surface area (Å²) in [5, 5.41) is 9.63. The number of hydrogen-bond donors (Lipinski definition) is 3. The second-order valence-corrected chi connectivity index (χ2v) is 7.02. The smallest absolute Gasteiger partial charge is 0.411 e. The summed E-state index contributed by atoms with van der Waals surface area (Å²) in [4.78, 5) is 35.7. The van der Waals surface area contributed by atoms with E-state index < -0.39 is 11.7 Å². The molecule has 0 spiro atoms. The maximum atomic E-state index is 12.6. The number of aliphatic hydroxyl groups excluding tert-OH is 1. The van der Waals surface area contributed by atoms with Crippen LogP contribution in [0.2, 0.25) is 0 Å². The van der Waals surface area contributed by atoms with Gasteiger partial charge in [0.2, 0.25) is 0 Å². The predicted molar refractivity (Wildman–Crippen MR) is 87.6 cm³/mol. The minimum atomic E-state index is -0.625. The van der Waals surface area contributed by atoms with Gasteiger partial charge in [-0.3, -0.25) is 9.69 Å². The minimum Gasteiger partial charge on any atom is -0.444 e. The highest BCUT2D eigenvalue weighted by atomic mass is 16.6. The Labute approximate surface area is 138 Å². The number of nitrogens with one attached hydrogen (secondary N) is 2. The van der Waals surface area contributed by atoms with Crippen molar-refractivity contribution in [3.63, 3.8) is 0 Å². The number of aromatic amines is 2. The molecule has 8 nitrogen and oxygen atoms in total. The molecule has 130 valence electrons. The zero-order valence-electron chi connectivity index (χ0n) is 14.0. The van der Waals surface area contributed by atoms with Crippen LogP contribution in [0.1, 0.15) is 45.2 Å². The summed E-state index contributed by atoms with van der Waals surface area (Å²) in [7, 11) is 0. The summed E-state index contributed by atoms with van der Waals surface area (Å²) in [6, 6.07) is -0.600. The van der Waals surface area contributed by atoms with Crippen LogP contribution in [0.5, 0.6) is 0 Å². The molecule has 8 heteroatoms. The fraction of sp³-hybridized carbons (Fsp3) is 0.562. The molecule has 2 aromatic rings. The lowest BCUT2D eigenvalue weighted by Gasteiger charge is -2.31. The molecule has 2 unspecified atom stereocenters. The van der Waals surface area contributed by atoms with E-state index in [4.69, 9.17) is 4.74 Å². The van der Waals surface area contributed by atoms with Crippen molar-refractivity contribution in [2.75, 3.05) is 6.61 Å². The Kier molecular flexibility index (Phi) is 4.08. The molecule has 1 saturated heterocycles. The first-order chi connectivity index (χ1) is 11.3. The Balaban J connectivity index is 2.00. The second-order valence-electron chi connectivity index (χ2n) is 7.02. The highest BCUT2D eigenvalue weighted by Gasteiger charge is 2.40. The van der Waals surface area contributed by atoms with Crippen molar-refractivity contribution in [3.8, 4) is 0 Å². The number of rotatable bonds is 2. The average molecular weight is 334 g/mol. The lowest BCUT2D eigenvalue weighted by Crippen LogP contribution is -2.42. The first kappa shape index (κ1) is 16.5. The topological polar surface area (TPSA) is 111 Å². The lowest BCUT2D eigenvalue weighted by molar-refractivity contribution is 0.00880. The maximum absolute atomic E-state index is 12.6. The monoisotopic (exact) mass is 334 g/mol. The van der Waals surface area contributed by atoms with Gasteiger partial charge in [0.05, 0.1) is 25.0 Å². The van der Waals surface area contributed by atoms with Crippen molar-refractivity contribution in [3.05, 3.63) is 28.4 Å². The van der Waals surface area contributed by atoms with Gasteiger partial charge in [0.25, 0.3) is 5.56 Å². The molecular formula is C16H22N4O4. The van der Waals surface area contributed by atoms with Crippen LogP contribution in [-0.2, 0) is 4.74 Å². The predicted octanol–water partition coefficient (Wildman–Crippen LogP) is 1.68. The molecule has 1 amide bonds. The van der Waals surface area contributed by atoms with Crippen LogP contribution in [0.15, 0.2) is 17.3 Å². The van der Waals surface area contributed by atoms with E-state index >= 15 is 0 Å². The van der Waals surface area contributed by atoms with Gasteiger partial charge < -0.3 is 19.8 Å². The highest BCUT2D eigenvalue weighted by molar-refractivity contribution is 5.79. The van der Waals surface area contributed by atoms with E-state index in [0.29, 0.717) is 23.9 Å². The first-order valence-electron chi connectivity index (χ1n) is 7.98. The number of fused-ring (bicyclic) bond motifs is 1. The number of hydrogen-bond acceptors (Lipinski definition) is 5. The molecular weight excluding hydrogens is 312 g/mol. The van der Waals surface area contributed by atoms with Crippen molar-refractivity contribution in [2.45, 2.75) is 51.3 Å². The van der Waals surface area contributed by atoms with Crippen LogP contribution in [0.4, 0.5) is 4.79 Å². The molecule has 0 aliphatic carbocycles. The molecule has 3 N–H and O–H groups in total. The number of nitrogens with zero attached hydrogens (tertiary/aromatic N) is 2. The standard InChI is InChI=1S/C16H22N4O4/c1-16(2,3)24-15(23)20-9(7-21)4-5-11(20)10-6-17-13-12(10)18-8-19-14(13)22/h6,8-9,11,17,21H,4-5,7H2,1-3H3,(H,18,19,22). The Morgan fingerprint density at radius 2 is 2.17 bits per heavy atom. The number of likely N-dealkylation sites (tertiary alicyclic amines) is 1. The van der Waals surface area contributed by atoms with E-state index in [1.807, 2.05) is 0 Å². The summed E-state index contributed by atoms with van der Waals surface area (Å²) in [5.41, 5.74) is 0.796. The number of amides is 1. The summed E-state index contributed by atoms with van der Waals surface area (Å²) in [6.45, 7) is 5.27. The van der Waals surface area contributed by atoms with E-state index in [0.717, 1.165) is 5.56 Å². The zero-order valence-corrected chi connectivity index (χ0v) is 14.0. The molecule has 2 aromatic heterocycles. The summed E-state index contributed by atoms with van der Waals surface area (Å²) in [5.74, 6) is 0. The molecule has 0 aromatic carbocycles. The molecule has 0 radical (unpaired) electrons. The van der Waals surface area contributed by atoms with Gasteiger partial charge in [0, 0.05) is 11.8 Å². The SMILES string of the molecule is CC(C)(C)OC(=O)N1C(CO)CCC1c1c[nH]c2c(=O)[nH]cnc12. The second kappa shape index (κ2) is 5.94. The Morgan fingerprint density at radius 1 is 1.42 bits per heavy atom. The van der Waals surface area contributed by atoms with Crippen LogP contribution < -0.4 is 5.56 Å². The van der Waals surface area contributed by atoms with Crippen molar-refractivity contribution in [1.82, 2.24) is 19.9 Å². The maximum Gasteiger partial charge on any atom is 0.411 e. The first-order valence-corrected chi connectivity index (χ1v) is 7.98. The molecule has 0 bridgehead atoms. The summed E-state index contributed by atoms with van der Waals surface area (Å²) in [6.07, 6.45) is 3.91. The van der Waals surface area contributed by atoms with Crippen LogP contribution in [0.25, 0.3) is 11.0 Å². The average Bonchev–Trinajstić information content (AvgIpc) is 3.09. The molecule has 1 fully saturated rings. The molecule has 1 aliphatic rings. The van der Waals surface area contributed by atoms with Crippen LogP contribution in [0, 0.1) is 0 Å². The van der Waals surface area contributed by atoms with E-state index in [-0.39, 0.29) is 24.2 Å². The molecule has 3 heterocycles. The van der Waals surface area contributed by atoms with Crippen LogP contribution in [0.3, 0.4) is 0 Å². The number of carbonyl (C=O) groups excluding carboxylic acids is 1. The third-order valence-corrected chi connectivity index (χ3v) is 4.18. The Bertz CT molecular complexity index is 804. The molecule has 3 rings (SSSR count). The summed E-state index contributed by atoms with van der Waals surface area (Å²) < 4.78 is 5.50. The van der Waals surface area contributed by atoms with Gasteiger partial charge in [-0.25, -0.2) is 9.78 Å². The molecule has 24 heavy (non-hydrogen) atoms. The van der Waals surface area contributed by atoms with Gasteiger partial charge in [0.15, 0.2) is 0 Å². The number of ether oxygens (including phenoxy) is 1. The molecule has 2 atom stereocenters. The highest BCUT2D eigenvalue weighted by Crippen LogP contribution is 2.39. The normalized spacial score (nSPS) is 21.4. The van der Waals surface area contributed by atoms with E-state index in [2.05, 4.69) is 15.0 Å². The summed E-state index contributed by atoms with van der Waals surface area (Å²) >= 11 is 0. The largest absolute Gasteiger partial charge is 0.444 e. The van der Waals surface area contributed by atoms with Gasteiger partial charge in [0.1, 0.15) is 16.6 Å². The zero-order chi connectivity index (χ0) is 17.5. The molecule has 1 aliphatic heterocycles. The fourth-order valence-corrected chi connectivity index (χ4v) is 3.18. The Hall–Kier alpha value is -2.35.